The number of unbranched alkanes of at least 4 members (excludes halogenated alkanes) is 1. The van der Waals surface area contributed by atoms with Crippen molar-refractivity contribution in [2.24, 2.45) is 4.99 Å². The van der Waals surface area contributed by atoms with E-state index in [0.717, 1.165) is 38.6 Å². The highest BCUT2D eigenvalue weighted by Crippen LogP contribution is 2.07. The van der Waals surface area contributed by atoms with E-state index in [1.54, 1.807) is 7.05 Å². The number of guanidine groups is 1. The molecule has 1 rings (SSSR count). The smallest absolute Gasteiger partial charge is 0.191 e. The molecule has 0 spiro atoms. The molecule has 0 aromatic rings. The molecular formula is C17H37IN4O2. The Bertz CT molecular complexity index is 300. The Labute approximate surface area is 165 Å². The van der Waals surface area contributed by atoms with Gasteiger partial charge in [0.05, 0.1) is 19.8 Å². The molecule has 1 aliphatic heterocycles. The standard InChI is InChI=1S/C17H36N4O2.HI/c1-3-4-13-22-15-16-23-14-9-20-17(18-2)19-8-12-21-10-6-5-7-11-21;/h3-16H2,1-2H3,(H2,18,19,20);1H. The van der Waals surface area contributed by atoms with E-state index >= 15 is 0 Å². The van der Waals surface area contributed by atoms with E-state index in [-0.39, 0.29) is 24.0 Å². The minimum absolute atomic E-state index is 0. The number of nitrogens with one attached hydrogen (secondary N) is 2. The van der Waals surface area contributed by atoms with Crippen LogP contribution in [0.4, 0.5) is 0 Å². The third kappa shape index (κ3) is 13.2. The van der Waals surface area contributed by atoms with Gasteiger partial charge < -0.3 is 25.0 Å². The first-order valence-corrected chi connectivity index (χ1v) is 9.19. The average molecular weight is 456 g/mol. The molecule has 0 amide bonds. The van der Waals surface area contributed by atoms with Crippen LogP contribution in [0.25, 0.3) is 0 Å². The summed E-state index contributed by atoms with van der Waals surface area (Å²) in [5.74, 6) is 0.852. The van der Waals surface area contributed by atoms with Gasteiger partial charge >= 0.3 is 0 Å². The molecule has 2 N–H and O–H groups in total. The van der Waals surface area contributed by atoms with E-state index in [9.17, 15) is 0 Å². The number of aliphatic imine (C=N–C) groups is 1. The highest BCUT2D eigenvalue weighted by atomic mass is 127. The lowest BCUT2D eigenvalue weighted by Gasteiger charge is -2.26. The summed E-state index contributed by atoms with van der Waals surface area (Å²) in [6, 6.07) is 0. The number of nitrogens with zero attached hydrogens (tertiary/aromatic N) is 2. The predicted molar refractivity (Wildman–Crippen MR) is 112 cm³/mol. The lowest BCUT2D eigenvalue weighted by Crippen LogP contribution is -2.43. The van der Waals surface area contributed by atoms with Gasteiger partial charge in [0, 0.05) is 33.3 Å². The molecule has 0 radical (unpaired) electrons. The van der Waals surface area contributed by atoms with Crippen molar-refractivity contribution in [1.82, 2.24) is 15.5 Å². The van der Waals surface area contributed by atoms with E-state index in [1.165, 1.54) is 38.8 Å². The maximum absolute atomic E-state index is 5.53. The monoisotopic (exact) mass is 456 g/mol. The summed E-state index contributed by atoms with van der Waals surface area (Å²) in [5, 5.41) is 6.63. The Morgan fingerprint density at radius 2 is 1.62 bits per heavy atom. The lowest BCUT2D eigenvalue weighted by molar-refractivity contribution is 0.0487. The van der Waals surface area contributed by atoms with Crippen molar-refractivity contribution < 1.29 is 9.47 Å². The van der Waals surface area contributed by atoms with Gasteiger partial charge in [-0.1, -0.05) is 19.8 Å². The number of halogens is 1. The van der Waals surface area contributed by atoms with E-state index in [0.29, 0.717) is 19.8 Å². The van der Waals surface area contributed by atoms with E-state index in [4.69, 9.17) is 9.47 Å². The highest BCUT2D eigenvalue weighted by molar-refractivity contribution is 14.0. The van der Waals surface area contributed by atoms with Gasteiger partial charge in [0.25, 0.3) is 0 Å². The first-order chi connectivity index (χ1) is 11.4. The molecule has 1 saturated heterocycles. The Kier molecular flexibility index (Phi) is 17.6. The van der Waals surface area contributed by atoms with Crippen LogP contribution in [0.3, 0.4) is 0 Å². The number of hydrogen-bond donors (Lipinski definition) is 2. The molecule has 0 bridgehead atoms. The fourth-order valence-electron chi connectivity index (χ4n) is 2.55. The van der Waals surface area contributed by atoms with Crippen molar-refractivity contribution in [2.75, 3.05) is 66.2 Å². The summed E-state index contributed by atoms with van der Waals surface area (Å²) < 4.78 is 11.0. The zero-order valence-corrected chi connectivity index (χ0v) is 17.8. The molecule has 7 heteroatoms. The Hall–Kier alpha value is -0.120. The largest absolute Gasteiger partial charge is 0.379 e. The third-order valence-corrected chi connectivity index (χ3v) is 3.95. The first kappa shape index (κ1) is 23.9. The Balaban J connectivity index is 0.00000529. The van der Waals surface area contributed by atoms with E-state index < -0.39 is 0 Å². The highest BCUT2D eigenvalue weighted by Gasteiger charge is 2.09. The maximum Gasteiger partial charge on any atom is 0.191 e. The van der Waals surface area contributed by atoms with Gasteiger partial charge in [0.15, 0.2) is 5.96 Å². The molecule has 0 unspecified atom stereocenters. The summed E-state index contributed by atoms with van der Waals surface area (Å²) in [4.78, 5) is 6.75. The normalized spacial score (nSPS) is 15.8. The number of likely N-dealkylation sites (tertiary alicyclic amines) is 1. The first-order valence-electron chi connectivity index (χ1n) is 9.19. The van der Waals surface area contributed by atoms with Crippen molar-refractivity contribution >= 4 is 29.9 Å². The molecule has 0 atom stereocenters. The zero-order valence-electron chi connectivity index (χ0n) is 15.5. The molecule has 1 fully saturated rings. The molecule has 1 heterocycles. The van der Waals surface area contributed by atoms with Gasteiger partial charge in [-0.25, -0.2) is 0 Å². The number of ether oxygens (including phenoxy) is 2. The minimum atomic E-state index is 0. The second kappa shape index (κ2) is 17.7. The van der Waals surface area contributed by atoms with Crippen LogP contribution in [0.2, 0.25) is 0 Å². The molecule has 6 nitrogen and oxygen atoms in total. The molecule has 0 aromatic heterocycles. The SMILES string of the molecule is CCCCOCCOCCNC(=NC)NCCN1CCCCC1.I. The minimum Gasteiger partial charge on any atom is -0.379 e. The second-order valence-corrected chi connectivity index (χ2v) is 5.91. The third-order valence-electron chi connectivity index (χ3n) is 3.95. The predicted octanol–water partition coefficient (Wildman–Crippen LogP) is 2.09. The topological polar surface area (TPSA) is 58.1 Å². The summed E-state index contributed by atoms with van der Waals surface area (Å²) in [6.45, 7) is 10.3. The van der Waals surface area contributed by atoms with Gasteiger partial charge in [-0.2, -0.15) is 0 Å². The van der Waals surface area contributed by atoms with Gasteiger partial charge in [0.2, 0.25) is 0 Å². The van der Waals surface area contributed by atoms with Crippen LogP contribution in [-0.4, -0.2) is 77.1 Å². The summed E-state index contributed by atoms with van der Waals surface area (Å²) in [6.07, 6.45) is 6.37. The van der Waals surface area contributed by atoms with Crippen molar-refractivity contribution in [3.63, 3.8) is 0 Å². The molecule has 0 aliphatic carbocycles. The number of piperidine rings is 1. The van der Waals surface area contributed by atoms with Crippen LogP contribution in [0, 0.1) is 0 Å². The zero-order chi connectivity index (χ0) is 16.6. The quantitative estimate of drug-likeness (QED) is 0.204. The van der Waals surface area contributed by atoms with Crippen molar-refractivity contribution in [3.05, 3.63) is 0 Å². The van der Waals surface area contributed by atoms with Crippen LogP contribution in [0.15, 0.2) is 4.99 Å². The van der Waals surface area contributed by atoms with Crippen molar-refractivity contribution in [2.45, 2.75) is 39.0 Å². The lowest BCUT2D eigenvalue weighted by atomic mass is 10.1. The van der Waals surface area contributed by atoms with Gasteiger partial charge in [-0.3, -0.25) is 4.99 Å². The van der Waals surface area contributed by atoms with E-state index in [2.05, 4.69) is 27.4 Å². The molecule has 24 heavy (non-hydrogen) atoms. The van der Waals surface area contributed by atoms with Gasteiger partial charge in [-0.15, -0.1) is 24.0 Å². The molecule has 144 valence electrons. The maximum atomic E-state index is 5.53. The molecule has 1 aliphatic rings. The van der Waals surface area contributed by atoms with Crippen molar-refractivity contribution in [3.8, 4) is 0 Å². The molecule has 0 aromatic carbocycles. The summed E-state index contributed by atoms with van der Waals surface area (Å²) in [7, 11) is 1.80. The second-order valence-electron chi connectivity index (χ2n) is 5.91. The fraction of sp³-hybridized carbons (Fsp3) is 0.941. The Morgan fingerprint density at radius 1 is 0.958 bits per heavy atom. The van der Waals surface area contributed by atoms with Crippen LogP contribution >= 0.6 is 24.0 Å². The number of rotatable bonds is 12. The average Bonchev–Trinajstić information content (AvgIpc) is 2.59. The molecule has 0 saturated carbocycles. The van der Waals surface area contributed by atoms with Crippen LogP contribution in [0.5, 0.6) is 0 Å². The number of hydrogen-bond acceptors (Lipinski definition) is 4. The summed E-state index contributed by atoms with van der Waals surface area (Å²) in [5.41, 5.74) is 0. The Morgan fingerprint density at radius 3 is 2.29 bits per heavy atom. The summed E-state index contributed by atoms with van der Waals surface area (Å²) >= 11 is 0. The van der Waals surface area contributed by atoms with Crippen LogP contribution in [0.1, 0.15) is 39.0 Å². The molecular weight excluding hydrogens is 419 g/mol. The van der Waals surface area contributed by atoms with Gasteiger partial charge in [0.1, 0.15) is 0 Å². The van der Waals surface area contributed by atoms with E-state index in [1.807, 2.05) is 0 Å². The van der Waals surface area contributed by atoms with Crippen LogP contribution < -0.4 is 10.6 Å². The van der Waals surface area contributed by atoms with Gasteiger partial charge in [-0.05, 0) is 32.4 Å². The van der Waals surface area contributed by atoms with Crippen molar-refractivity contribution in [1.29, 1.82) is 0 Å². The fourth-order valence-corrected chi connectivity index (χ4v) is 2.55. The van der Waals surface area contributed by atoms with Crippen LogP contribution in [-0.2, 0) is 9.47 Å².